The molecule has 0 radical (unpaired) electrons. The van der Waals surface area contributed by atoms with Crippen molar-refractivity contribution in [2.75, 3.05) is 36.6 Å². The topological polar surface area (TPSA) is 77.1 Å². The highest BCUT2D eigenvalue weighted by molar-refractivity contribution is 6.34. The first-order valence-electron chi connectivity index (χ1n) is 9.03. The Kier molecular flexibility index (Phi) is 5.25. The maximum Gasteiger partial charge on any atom is 0.227 e. The fourth-order valence-electron chi connectivity index (χ4n) is 3.16. The average molecular weight is 403 g/mol. The van der Waals surface area contributed by atoms with Crippen LogP contribution in [-0.4, -0.2) is 38.2 Å². The van der Waals surface area contributed by atoms with E-state index in [1.807, 2.05) is 24.3 Å². The number of halogens is 1. The molecule has 2 amide bonds. The maximum atomic E-state index is 12.6. The number of amides is 2. The Labute approximate surface area is 167 Å². The largest absolute Gasteiger partial charge is 0.490 e. The zero-order chi connectivity index (χ0) is 19.5. The zero-order valence-electron chi connectivity index (χ0n) is 15.1. The Morgan fingerprint density at radius 3 is 2.50 bits per heavy atom. The number of nitrogens with one attached hydrogen (secondary N) is 1. The second kappa shape index (κ2) is 7.98. The molecular formula is C20H19ClN2O5. The molecule has 1 N–H and O–H groups in total. The summed E-state index contributed by atoms with van der Waals surface area (Å²) in [6, 6.07) is 10.6. The second-order valence-corrected chi connectivity index (χ2v) is 6.79. The molecule has 0 unspecified atom stereocenters. The molecule has 0 spiro atoms. The molecule has 2 aliphatic heterocycles. The van der Waals surface area contributed by atoms with Gasteiger partial charge in [0.2, 0.25) is 11.8 Å². The maximum absolute atomic E-state index is 12.6. The van der Waals surface area contributed by atoms with Crippen LogP contribution in [0.1, 0.15) is 12.8 Å². The zero-order valence-corrected chi connectivity index (χ0v) is 15.8. The number of hydrogen-bond donors (Lipinski definition) is 1. The first kappa shape index (κ1) is 18.4. The minimum atomic E-state index is -0.298. The Morgan fingerprint density at radius 1 is 0.964 bits per heavy atom. The molecule has 7 nitrogen and oxygen atoms in total. The number of fused-ring (bicyclic) bond motifs is 2. The molecule has 2 aromatic rings. The molecule has 2 aromatic carbocycles. The van der Waals surface area contributed by atoms with Gasteiger partial charge in [0.1, 0.15) is 25.6 Å². The number of carbonyl (C=O) groups excluding carboxylic acids is 2. The van der Waals surface area contributed by atoms with Gasteiger partial charge in [0.25, 0.3) is 0 Å². The van der Waals surface area contributed by atoms with Crippen molar-refractivity contribution in [1.29, 1.82) is 0 Å². The third kappa shape index (κ3) is 3.84. The normalized spacial score (nSPS) is 14.7. The Hall–Kier alpha value is -2.93. The van der Waals surface area contributed by atoms with Crippen LogP contribution in [0.25, 0.3) is 0 Å². The molecular weight excluding hydrogens is 384 g/mol. The molecule has 4 rings (SSSR count). The number of para-hydroxylation sites is 2. The van der Waals surface area contributed by atoms with Crippen LogP contribution in [0, 0.1) is 0 Å². The van der Waals surface area contributed by atoms with Crippen LogP contribution in [0.2, 0.25) is 5.02 Å². The van der Waals surface area contributed by atoms with Gasteiger partial charge in [-0.1, -0.05) is 23.7 Å². The number of rotatable bonds is 4. The van der Waals surface area contributed by atoms with Crippen LogP contribution in [0.5, 0.6) is 17.2 Å². The lowest BCUT2D eigenvalue weighted by molar-refractivity contribution is -0.122. The molecule has 2 aliphatic rings. The van der Waals surface area contributed by atoms with Crippen molar-refractivity contribution in [3.05, 3.63) is 41.4 Å². The second-order valence-electron chi connectivity index (χ2n) is 6.39. The summed E-state index contributed by atoms with van der Waals surface area (Å²) in [6.07, 6.45) is 0.130. The van der Waals surface area contributed by atoms with Crippen LogP contribution in [0.4, 0.5) is 11.4 Å². The van der Waals surface area contributed by atoms with Gasteiger partial charge in [-0.25, -0.2) is 0 Å². The smallest absolute Gasteiger partial charge is 0.227 e. The molecule has 146 valence electrons. The van der Waals surface area contributed by atoms with Gasteiger partial charge in [-0.3, -0.25) is 9.59 Å². The minimum Gasteiger partial charge on any atom is -0.490 e. The predicted molar refractivity (Wildman–Crippen MR) is 105 cm³/mol. The van der Waals surface area contributed by atoms with Crippen molar-refractivity contribution in [3.63, 3.8) is 0 Å². The highest BCUT2D eigenvalue weighted by Gasteiger charge is 2.24. The van der Waals surface area contributed by atoms with Crippen molar-refractivity contribution >= 4 is 34.8 Å². The molecule has 28 heavy (non-hydrogen) atoms. The van der Waals surface area contributed by atoms with Gasteiger partial charge in [0, 0.05) is 25.0 Å². The van der Waals surface area contributed by atoms with Gasteiger partial charge >= 0.3 is 0 Å². The van der Waals surface area contributed by atoms with Crippen LogP contribution >= 0.6 is 11.6 Å². The molecule has 0 bridgehead atoms. The number of nitrogens with zero attached hydrogens (tertiary/aromatic N) is 1. The van der Waals surface area contributed by atoms with Gasteiger partial charge in [-0.2, -0.15) is 0 Å². The minimum absolute atomic E-state index is 0.0448. The van der Waals surface area contributed by atoms with Gasteiger partial charge in [0.05, 0.1) is 22.9 Å². The highest BCUT2D eigenvalue weighted by Crippen LogP contribution is 2.38. The molecule has 0 saturated heterocycles. The lowest BCUT2D eigenvalue weighted by atomic mass is 10.2. The number of ether oxygens (including phenoxy) is 3. The third-order valence-corrected chi connectivity index (χ3v) is 4.81. The Morgan fingerprint density at radius 2 is 1.68 bits per heavy atom. The van der Waals surface area contributed by atoms with Crippen molar-refractivity contribution < 1.29 is 23.8 Å². The van der Waals surface area contributed by atoms with Gasteiger partial charge < -0.3 is 24.4 Å². The molecule has 0 fully saturated rings. The SMILES string of the molecule is O=C(CCC(=O)N1CCOc2ccccc21)Nc1cc2c(cc1Cl)OCCO2. The number of hydrogen-bond acceptors (Lipinski definition) is 5. The molecule has 0 aromatic heterocycles. The first-order chi connectivity index (χ1) is 13.6. The lowest BCUT2D eigenvalue weighted by Gasteiger charge is -2.29. The van der Waals surface area contributed by atoms with E-state index in [0.29, 0.717) is 54.3 Å². The fourth-order valence-corrected chi connectivity index (χ4v) is 3.36. The summed E-state index contributed by atoms with van der Waals surface area (Å²) in [7, 11) is 0. The summed E-state index contributed by atoms with van der Waals surface area (Å²) in [5.74, 6) is 1.34. The van der Waals surface area contributed by atoms with Crippen LogP contribution in [-0.2, 0) is 9.59 Å². The molecule has 0 saturated carbocycles. The monoisotopic (exact) mass is 402 g/mol. The average Bonchev–Trinajstić information content (AvgIpc) is 2.72. The molecule has 0 atom stereocenters. The van der Waals surface area contributed by atoms with E-state index in [2.05, 4.69) is 5.32 Å². The summed E-state index contributed by atoms with van der Waals surface area (Å²) in [5.41, 5.74) is 1.16. The van der Waals surface area contributed by atoms with E-state index >= 15 is 0 Å². The number of carbonyl (C=O) groups is 2. The standard InChI is InChI=1S/C20H19ClN2O5/c21-13-11-17-18(28-10-9-27-17)12-14(13)22-19(24)5-6-20(25)23-7-8-26-16-4-2-1-3-15(16)23/h1-4,11-12H,5-10H2,(H,22,24). The number of benzene rings is 2. The Bertz CT molecular complexity index is 917. The van der Waals surface area contributed by atoms with Crippen LogP contribution in [0.15, 0.2) is 36.4 Å². The summed E-state index contributed by atoms with van der Waals surface area (Å²) in [4.78, 5) is 26.6. The van der Waals surface area contributed by atoms with Crippen molar-refractivity contribution in [3.8, 4) is 17.2 Å². The van der Waals surface area contributed by atoms with Crippen LogP contribution in [0.3, 0.4) is 0 Å². The highest BCUT2D eigenvalue weighted by atomic mass is 35.5. The van der Waals surface area contributed by atoms with E-state index in [0.717, 1.165) is 5.69 Å². The summed E-state index contributed by atoms with van der Waals surface area (Å²) < 4.78 is 16.5. The molecule has 8 heteroatoms. The lowest BCUT2D eigenvalue weighted by Crippen LogP contribution is -2.38. The van der Waals surface area contributed by atoms with Crippen LogP contribution < -0.4 is 24.4 Å². The van der Waals surface area contributed by atoms with Crippen molar-refractivity contribution in [2.45, 2.75) is 12.8 Å². The van der Waals surface area contributed by atoms with E-state index in [1.165, 1.54) is 0 Å². The van der Waals surface area contributed by atoms with Crippen molar-refractivity contribution in [2.24, 2.45) is 0 Å². The van der Waals surface area contributed by atoms with Gasteiger partial charge in [0.15, 0.2) is 11.5 Å². The summed E-state index contributed by atoms with van der Waals surface area (Å²) in [5, 5.41) is 3.09. The number of anilines is 2. The fraction of sp³-hybridized carbons (Fsp3) is 0.300. The molecule has 0 aliphatic carbocycles. The molecule has 2 heterocycles. The first-order valence-corrected chi connectivity index (χ1v) is 9.41. The third-order valence-electron chi connectivity index (χ3n) is 4.50. The van der Waals surface area contributed by atoms with E-state index in [1.54, 1.807) is 17.0 Å². The summed E-state index contributed by atoms with van der Waals surface area (Å²) in [6.45, 7) is 1.80. The van der Waals surface area contributed by atoms with E-state index in [-0.39, 0.29) is 24.7 Å². The van der Waals surface area contributed by atoms with Crippen molar-refractivity contribution in [1.82, 2.24) is 0 Å². The van der Waals surface area contributed by atoms with Gasteiger partial charge in [-0.05, 0) is 12.1 Å². The van der Waals surface area contributed by atoms with E-state index in [4.69, 9.17) is 25.8 Å². The predicted octanol–water partition coefficient (Wildman–Crippen LogP) is 3.26. The Balaban J connectivity index is 1.37. The van der Waals surface area contributed by atoms with E-state index in [9.17, 15) is 9.59 Å². The van der Waals surface area contributed by atoms with E-state index < -0.39 is 0 Å². The quantitative estimate of drug-likeness (QED) is 0.849. The summed E-state index contributed by atoms with van der Waals surface area (Å²) >= 11 is 6.21. The van der Waals surface area contributed by atoms with Gasteiger partial charge in [-0.15, -0.1) is 0 Å².